The molecule has 1 N–H and O–H groups in total. The smallest absolute Gasteiger partial charge is 0.251 e. The summed E-state index contributed by atoms with van der Waals surface area (Å²) in [6, 6.07) is 15.8. The normalized spacial score (nSPS) is 14.3. The summed E-state index contributed by atoms with van der Waals surface area (Å²) in [6.07, 6.45) is 4.02. The van der Waals surface area contributed by atoms with E-state index in [1.807, 2.05) is 26.0 Å². The van der Waals surface area contributed by atoms with Crippen LogP contribution in [-0.4, -0.2) is 25.1 Å². The third-order valence-corrected chi connectivity index (χ3v) is 4.60. The van der Waals surface area contributed by atoms with Crippen LogP contribution in [0.1, 0.15) is 49.0 Å². The van der Waals surface area contributed by atoms with Crippen LogP contribution < -0.4 is 15.0 Å². The third-order valence-electron chi connectivity index (χ3n) is 4.60. The van der Waals surface area contributed by atoms with Gasteiger partial charge in [-0.15, -0.1) is 0 Å². The van der Waals surface area contributed by atoms with Crippen LogP contribution in [0.15, 0.2) is 48.5 Å². The number of anilines is 1. The van der Waals surface area contributed by atoms with Gasteiger partial charge < -0.3 is 15.0 Å². The number of ether oxygens (including phenoxy) is 1. The predicted molar refractivity (Wildman–Crippen MR) is 106 cm³/mol. The molecule has 0 unspecified atom stereocenters. The Bertz CT molecular complexity index is 702. The fourth-order valence-electron chi connectivity index (χ4n) is 3.22. The Labute approximate surface area is 156 Å². The molecule has 0 spiro atoms. The first-order chi connectivity index (χ1) is 12.6. The van der Waals surface area contributed by atoms with E-state index in [2.05, 4.69) is 34.5 Å². The first kappa shape index (κ1) is 18.3. The van der Waals surface area contributed by atoms with E-state index < -0.39 is 0 Å². The lowest BCUT2D eigenvalue weighted by atomic mass is 10.1. The Morgan fingerprint density at radius 2 is 1.65 bits per heavy atom. The summed E-state index contributed by atoms with van der Waals surface area (Å²) < 4.78 is 5.60. The van der Waals surface area contributed by atoms with Gasteiger partial charge in [-0.05, 0) is 75.1 Å². The molecule has 3 rings (SSSR count). The Hall–Kier alpha value is -2.49. The molecule has 0 aromatic heterocycles. The van der Waals surface area contributed by atoms with Gasteiger partial charge in [0.25, 0.3) is 5.91 Å². The van der Waals surface area contributed by atoms with Crippen molar-refractivity contribution in [2.45, 2.75) is 45.8 Å². The summed E-state index contributed by atoms with van der Waals surface area (Å²) in [7, 11) is 0. The van der Waals surface area contributed by atoms with Crippen LogP contribution in [0.25, 0.3) is 0 Å². The van der Waals surface area contributed by atoms with E-state index in [0.29, 0.717) is 12.1 Å². The number of carbonyl (C=O) groups is 1. The van der Waals surface area contributed by atoms with E-state index in [1.165, 1.54) is 24.9 Å². The highest BCUT2D eigenvalue weighted by Crippen LogP contribution is 2.20. The lowest BCUT2D eigenvalue weighted by Crippen LogP contribution is -2.29. The molecule has 0 atom stereocenters. The number of piperidine rings is 1. The SMILES string of the molecule is CC(C)Oc1ccc(C(=O)NCc2ccc(N3CCCCC3)cc2)cc1. The van der Waals surface area contributed by atoms with Gasteiger partial charge in [0.15, 0.2) is 0 Å². The van der Waals surface area contributed by atoms with E-state index in [1.54, 1.807) is 12.1 Å². The van der Waals surface area contributed by atoms with Crippen molar-refractivity contribution in [2.75, 3.05) is 18.0 Å². The maximum Gasteiger partial charge on any atom is 0.251 e. The third kappa shape index (κ3) is 5.01. The van der Waals surface area contributed by atoms with Crippen molar-refractivity contribution in [3.8, 4) is 5.75 Å². The highest BCUT2D eigenvalue weighted by molar-refractivity contribution is 5.94. The molecule has 1 aliphatic rings. The molecular formula is C22H28N2O2. The summed E-state index contributed by atoms with van der Waals surface area (Å²) >= 11 is 0. The van der Waals surface area contributed by atoms with Crippen molar-refractivity contribution in [3.05, 3.63) is 59.7 Å². The lowest BCUT2D eigenvalue weighted by Gasteiger charge is -2.28. The number of benzene rings is 2. The fourth-order valence-corrected chi connectivity index (χ4v) is 3.22. The zero-order valence-corrected chi connectivity index (χ0v) is 15.7. The van der Waals surface area contributed by atoms with Crippen molar-refractivity contribution in [2.24, 2.45) is 0 Å². The van der Waals surface area contributed by atoms with Crippen LogP contribution in [0, 0.1) is 0 Å². The van der Waals surface area contributed by atoms with Crippen LogP contribution in [0.3, 0.4) is 0 Å². The van der Waals surface area contributed by atoms with Gasteiger partial charge in [-0.1, -0.05) is 12.1 Å². The average molecular weight is 352 g/mol. The average Bonchev–Trinajstić information content (AvgIpc) is 2.67. The number of amides is 1. The van der Waals surface area contributed by atoms with Crippen molar-refractivity contribution in [1.82, 2.24) is 5.32 Å². The second-order valence-electron chi connectivity index (χ2n) is 7.09. The Kier molecular flexibility index (Phi) is 6.16. The number of hydrogen-bond donors (Lipinski definition) is 1. The standard InChI is InChI=1S/C22H28N2O2/c1-17(2)26-21-12-8-19(9-13-21)22(25)23-16-18-6-10-20(11-7-18)24-14-4-3-5-15-24/h6-13,17H,3-5,14-16H2,1-2H3,(H,23,25). The van der Waals surface area contributed by atoms with Crippen molar-refractivity contribution in [1.29, 1.82) is 0 Å². The van der Waals surface area contributed by atoms with Crippen LogP contribution in [-0.2, 0) is 6.54 Å². The van der Waals surface area contributed by atoms with E-state index in [-0.39, 0.29) is 12.0 Å². The summed E-state index contributed by atoms with van der Waals surface area (Å²) in [5.41, 5.74) is 3.03. The topological polar surface area (TPSA) is 41.6 Å². The highest BCUT2D eigenvalue weighted by atomic mass is 16.5. The Morgan fingerprint density at radius 1 is 1.00 bits per heavy atom. The number of hydrogen-bond acceptors (Lipinski definition) is 3. The predicted octanol–water partition coefficient (Wildman–Crippen LogP) is 4.39. The molecule has 0 aliphatic carbocycles. The molecule has 0 bridgehead atoms. The van der Waals surface area contributed by atoms with Gasteiger partial charge in [0.2, 0.25) is 0 Å². The Balaban J connectivity index is 1.52. The van der Waals surface area contributed by atoms with Crippen LogP contribution in [0.4, 0.5) is 5.69 Å². The molecule has 1 aliphatic heterocycles. The molecule has 4 nitrogen and oxygen atoms in total. The first-order valence-electron chi connectivity index (χ1n) is 9.50. The van der Waals surface area contributed by atoms with Crippen molar-refractivity contribution >= 4 is 11.6 Å². The number of carbonyl (C=O) groups excluding carboxylic acids is 1. The lowest BCUT2D eigenvalue weighted by molar-refractivity contribution is 0.0951. The molecule has 0 radical (unpaired) electrons. The van der Waals surface area contributed by atoms with Gasteiger partial charge in [0.1, 0.15) is 5.75 Å². The summed E-state index contributed by atoms with van der Waals surface area (Å²) in [6.45, 7) is 6.79. The van der Waals surface area contributed by atoms with Gasteiger partial charge in [-0.3, -0.25) is 4.79 Å². The molecule has 1 heterocycles. The van der Waals surface area contributed by atoms with E-state index in [9.17, 15) is 4.79 Å². The molecule has 26 heavy (non-hydrogen) atoms. The molecule has 138 valence electrons. The van der Waals surface area contributed by atoms with Crippen molar-refractivity contribution in [3.63, 3.8) is 0 Å². The maximum atomic E-state index is 12.3. The zero-order valence-electron chi connectivity index (χ0n) is 15.7. The molecule has 1 saturated heterocycles. The van der Waals surface area contributed by atoms with Crippen molar-refractivity contribution < 1.29 is 9.53 Å². The largest absolute Gasteiger partial charge is 0.491 e. The Morgan fingerprint density at radius 3 is 2.27 bits per heavy atom. The van der Waals surface area contributed by atoms with Gasteiger partial charge >= 0.3 is 0 Å². The van der Waals surface area contributed by atoms with Crippen LogP contribution in [0.5, 0.6) is 5.75 Å². The number of nitrogens with one attached hydrogen (secondary N) is 1. The van der Waals surface area contributed by atoms with Gasteiger partial charge in [0.05, 0.1) is 6.10 Å². The molecule has 2 aromatic rings. The minimum atomic E-state index is -0.0683. The second kappa shape index (κ2) is 8.75. The second-order valence-corrected chi connectivity index (χ2v) is 7.09. The molecule has 4 heteroatoms. The van der Waals surface area contributed by atoms with Gasteiger partial charge in [-0.25, -0.2) is 0 Å². The van der Waals surface area contributed by atoms with Gasteiger partial charge in [-0.2, -0.15) is 0 Å². The highest BCUT2D eigenvalue weighted by Gasteiger charge is 2.11. The molecule has 2 aromatic carbocycles. The molecule has 0 saturated carbocycles. The quantitative estimate of drug-likeness (QED) is 0.838. The number of nitrogens with zero attached hydrogens (tertiary/aromatic N) is 1. The van der Waals surface area contributed by atoms with Gasteiger partial charge in [0, 0.05) is 30.9 Å². The minimum absolute atomic E-state index is 0.0683. The summed E-state index contributed by atoms with van der Waals surface area (Å²) in [5, 5.41) is 2.98. The zero-order chi connectivity index (χ0) is 18.4. The molecule has 1 fully saturated rings. The van der Waals surface area contributed by atoms with Crippen LogP contribution in [0.2, 0.25) is 0 Å². The first-order valence-corrected chi connectivity index (χ1v) is 9.50. The fraction of sp³-hybridized carbons (Fsp3) is 0.409. The van der Waals surface area contributed by atoms with Crippen LogP contribution >= 0.6 is 0 Å². The van der Waals surface area contributed by atoms with E-state index in [0.717, 1.165) is 24.4 Å². The summed E-state index contributed by atoms with van der Waals surface area (Å²) in [4.78, 5) is 14.7. The van der Waals surface area contributed by atoms with E-state index in [4.69, 9.17) is 4.74 Å². The summed E-state index contributed by atoms with van der Waals surface area (Å²) in [5.74, 6) is 0.714. The molecule has 1 amide bonds. The minimum Gasteiger partial charge on any atom is -0.491 e. The van der Waals surface area contributed by atoms with E-state index >= 15 is 0 Å². The molecular weight excluding hydrogens is 324 g/mol. The maximum absolute atomic E-state index is 12.3. The number of rotatable bonds is 6. The monoisotopic (exact) mass is 352 g/mol.